The van der Waals surface area contributed by atoms with E-state index in [0.717, 1.165) is 36.6 Å². The second kappa shape index (κ2) is 7.63. The number of imide groups is 2. The number of rotatable bonds is 3. The largest absolute Gasteiger partial charge is 0.380 e. The minimum atomic E-state index is -1.06. The van der Waals surface area contributed by atoms with E-state index < -0.39 is 35.5 Å². The van der Waals surface area contributed by atoms with Gasteiger partial charge in [-0.2, -0.15) is 0 Å². The molecule has 3 atom stereocenters. The van der Waals surface area contributed by atoms with Gasteiger partial charge in [-0.3, -0.25) is 29.4 Å². The fraction of sp³-hybridized carbons (Fsp3) is 0.500. The quantitative estimate of drug-likeness (QED) is 0.617. The van der Waals surface area contributed by atoms with Crippen molar-refractivity contribution < 1.29 is 23.6 Å². The van der Waals surface area contributed by atoms with E-state index in [-0.39, 0.29) is 48.1 Å². The van der Waals surface area contributed by atoms with Crippen molar-refractivity contribution in [3.8, 4) is 0 Å². The topological polar surface area (TPSA) is 108 Å². The maximum atomic E-state index is 14.7. The average molecular weight is 437 g/mol. The zero-order valence-corrected chi connectivity index (χ0v) is 16.9. The molecule has 30 heavy (non-hydrogen) atoms. The lowest BCUT2D eigenvalue weighted by Crippen LogP contribution is -2.54. The van der Waals surface area contributed by atoms with Crippen LogP contribution in [0.1, 0.15) is 59.2 Å². The molecule has 0 spiro atoms. The van der Waals surface area contributed by atoms with E-state index in [9.17, 15) is 23.6 Å². The number of anilines is 1. The van der Waals surface area contributed by atoms with E-state index in [4.69, 9.17) is 0 Å². The van der Waals surface area contributed by atoms with Gasteiger partial charge in [-0.05, 0) is 44.2 Å². The molecule has 8 nitrogen and oxygen atoms in total. The summed E-state index contributed by atoms with van der Waals surface area (Å²) in [5, 5.41) is 8.88. The van der Waals surface area contributed by atoms with E-state index in [1.54, 1.807) is 0 Å². The van der Waals surface area contributed by atoms with Crippen molar-refractivity contribution in [2.75, 3.05) is 5.32 Å². The third-order valence-electron chi connectivity index (χ3n) is 6.36. The number of carbonyl (C=O) groups is 4. The van der Waals surface area contributed by atoms with Crippen LogP contribution < -0.4 is 16.0 Å². The zero-order valence-electron chi connectivity index (χ0n) is 16.1. The SMILES string of the molecule is Cl.O=C1CCC(N2C(=O)c3cc(F)c(NC4CC5CCC(C4)N5)cc3C2=O)C(=O)N1. The first-order valence-electron chi connectivity index (χ1n) is 9.98. The van der Waals surface area contributed by atoms with Gasteiger partial charge in [0.1, 0.15) is 11.9 Å². The van der Waals surface area contributed by atoms with Crippen LogP contribution in [0.5, 0.6) is 0 Å². The number of hydrogen-bond acceptors (Lipinski definition) is 6. The number of piperidine rings is 2. The van der Waals surface area contributed by atoms with Gasteiger partial charge >= 0.3 is 0 Å². The number of halogens is 2. The predicted octanol–water partition coefficient (Wildman–Crippen LogP) is 1.34. The van der Waals surface area contributed by atoms with Crippen LogP contribution in [0.25, 0.3) is 0 Å². The maximum absolute atomic E-state index is 14.7. The number of hydrogen-bond donors (Lipinski definition) is 3. The van der Waals surface area contributed by atoms with Gasteiger partial charge in [0, 0.05) is 24.5 Å². The molecular formula is C20H22ClFN4O4. The number of nitrogens with zero attached hydrogens (tertiary/aromatic N) is 1. The lowest BCUT2D eigenvalue weighted by molar-refractivity contribution is -0.136. The van der Waals surface area contributed by atoms with Gasteiger partial charge in [0.2, 0.25) is 11.8 Å². The van der Waals surface area contributed by atoms with Crippen LogP contribution in [-0.2, 0) is 9.59 Å². The fourth-order valence-corrected chi connectivity index (χ4v) is 5.00. The van der Waals surface area contributed by atoms with Crippen LogP contribution in [0.4, 0.5) is 10.1 Å². The normalized spacial score (nSPS) is 30.1. The first kappa shape index (κ1) is 20.7. The summed E-state index contributed by atoms with van der Waals surface area (Å²) in [6, 6.07) is 2.34. The van der Waals surface area contributed by atoms with Crippen molar-refractivity contribution in [3.05, 3.63) is 29.1 Å². The zero-order chi connectivity index (χ0) is 20.3. The number of carbonyl (C=O) groups excluding carboxylic acids is 4. The highest BCUT2D eigenvalue weighted by atomic mass is 35.5. The molecule has 2 bridgehead atoms. The molecule has 3 fully saturated rings. The summed E-state index contributed by atoms with van der Waals surface area (Å²) in [7, 11) is 0. The molecule has 0 aromatic heterocycles. The first-order chi connectivity index (χ1) is 13.9. The van der Waals surface area contributed by atoms with Crippen LogP contribution in [0.2, 0.25) is 0 Å². The molecule has 3 saturated heterocycles. The highest BCUT2D eigenvalue weighted by Crippen LogP contribution is 2.33. The average Bonchev–Trinajstić information content (AvgIpc) is 3.13. The monoisotopic (exact) mass is 436 g/mol. The minimum absolute atomic E-state index is 0. The van der Waals surface area contributed by atoms with Crippen LogP contribution >= 0.6 is 12.4 Å². The van der Waals surface area contributed by atoms with Crippen LogP contribution in [0, 0.1) is 5.82 Å². The first-order valence-corrected chi connectivity index (χ1v) is 9.98. The van der Waals surface area contributed by atoms with Gasteiger partial charge in [-0.1, -0.05) is 0 Å². The Kier molecular flexibility index (Phi) is 5.27. The molecule has 0 saturated carbocycles. The van der Waals surface area contributed by atoms with Crippen LogP contribution in [0.15, 0.2) is 12.1 Å². The number of nitrogens with one attached hydrogen (secondary N) is 3. The molecule has 160 valence electrons. The molecule has 3 unspecified atom stereocenters. The predicted molar refractivity (Wildman–Crippen MR) is 107 cm³/mol. The van der Waals surface area contributed by atoms with E-state index in [1.165, 1.54) is 6.07 Å². The Morgan fingerprint density at radius 3 is 2.23 bits per heavy atom. The molecule has 0 aliphatic carbocycles. The van der Waals surface area contributed by atoms with Crippen LogP contribution in [0.3, 0.4) is 0 Å². The van der Waals surface area contributed by atoms with Gasteiger partial charge < -0.3 is 10.6 Å². The summed E-state index contributed by atoms with van der Waals surface area (Å²) < 4.78 is 14.7. The third-order valence-corrected chi connectivity index (χ3v) is 6.36. The highest BCUT2D eigenvalue weighted by Gasteiger charge is 2.45. The molecule has 1 aromatic rings. The van der Waals surface area contributed by atoms with Gasteiger partial charge in [-0.25, -0.2) is 4.39 Å². The van der Waals surface area contributed by atoms with E-state index in [1.807, 2.05) is 0 Å². The molecular weight excluding hydrogens is 415 g/mol. The van der Waals surface area contributed by atoms with Gasteiger partial charge in [-0.15, -0.1) is 12.4 Å². The molecule has 1 aromatic carbocycles. The Morgan fingerprint density at radius 1 is 0.967 bits per heavy atom. The smallest absolute Gasteiger partial charge is 0.262 e. The molecule has 4 amide bonds. The highest BCUT2D eigenvalue weighted by molar-refractivity contribution is 6.23. The van der Waals surface area contributed by atoms with Crippen LogP contribution in [-0.4, -0.2) is 52.7 Å². The molecule has 5 rings (SSSR count). The Balaban J connectivity index is 0.00000218. The number of benzene rings is 1. The fourth-order valence-electron chi connectivity index (χ4n) is 5.00. The van der Waals surface area contributed by atoms with Crippen molar-refractivity contribution in [2.24, 2.45) is 0 Å². The Labute approximate surface area is 178 Å². The Hall–Kier alpha value is -2.52. The molecule has 4 heterocycles. The molecule has 10 heteroatoms. The Morgan fingerprint density at radius 2 is 1.60 bits per heavy atom. The molecule has 4 aliphatic heterocycles. The van der Waals surface area contributed by atoms with Gasteiger partial charge in [0.15, 0.2) is 0 Å². The van der Waals surface area contributed by atoms with Crippen molar-refractivity contribution >= 4 is 41.7 Å². The second-order valence-electron chi connectivity index (χ2n) is 8.28. The van der Waals surface area contributed by atoms with Gasteiger partial charge in [0.25, 0.3) is 11.8 Å². The van der Waals surface area contributed by atoms with E-state index in [0.29, 0.717) is 12.1 Å². The molecule has 4 aliphatic rings. The maximum Gasteiger partial charge on any atom is 0.262 e. The van der Waals surface area contributed by atoms with E-state index in [2.05, 4.69) is 16.0 Å². The third kappa shape index (κ3) is 3.35. The van der Waals surface area contributed by atoms with Crippen molar-refractivity contribution in [1.29, 1.82) is 0 Å². The summed E-state index contributed by atoms with van der Waals surface area (Å²) in [4.78, 5) is 49.9. The summed E-state index contributed by atoms with van der Waals surface area (Å²) in [5.41, 5.74) is 0.231. The van der Waals surface area contributed by atoms with Crippen molar-refractivity contribution in [2.45, 2.75) is 62.7 Å². The lowest BCUT2D eigenvalue weighted by atomic mass is 9.99. The number of fused-ring (bicyclic) bond motifs is 3. The standard InChI is InChI=1S/C20H21FN4O4.ClH/c21-14-7-12-13(8-15(14)23-11-5-9-1-2-10(6-11)22-9)20(29)25(19(12)28)16-3-4-17(26)24-18(16)27;/h7-11,16,22-23H,1-6H2,(H,24,26,27);1H. The van der Waals surface area contributed by atoms with Crippen molar-refractivity contribution in [1.82, 2.24) is 15.5 Å². The number of amides is 4. The minimum Gasteiger partial charge on any atom is -0.380 e. The lowest BCUT2D eigenvalue weighted by Gasteiger charge is -2.30. The second-order valence-corrected chi connectivity index (χ2v) is 8.28. The summed E-state index contributed by atoms with van der Waals surface area (Å²) in [6.45, 7) is 0. The van der Waals surface area contributed by atoms with E-state index >= 15 is 0 Å². The molecule has 0 radical (unpaired) electrons. The summed E-state index contributed by atoms with van der Waals surface area (Å²) >= 11 is 0. The summed E-state index contributed by atoms with van der Waals surface area (Å²) in [6.07, 6.45) is 4.10. The van der Waals surface area contributed by atoms with Gasteiger partial charge in [0.05, 0.1) is 16.8 Å². The molecule has 3 N–H and O–H groups in total. The van der Waals surface area contributed by atoms with Crippen molar-refractivity contribution in [3.63, 3.8) is 0 Å². The summed E-state index contributed by atoms with van der Waals surface area (Å²) in [5.74, 6) is -3.05. The Bertz CT molecular complexity index is 943.